The normalized spacial score (nSPS) is 11.9. The number of aliphatic hydroxyl groups is 1. The summed E-state index contributed by atoms with van der Waals surface area (Å²) in [6.45, 7) is 4.50. The third-order valence-corrected chi connectivity index (χ3v) is 8.85. The zero-order valence-corrected chi connectivity index (χ0v) is 32.6. The van der Waals surface area contributed by atoms with Crippen molar-refractivity contribution in [2.45, 2.75) is 26.4 Å². The van der Waals surface area contributed by atoms with Crippen LogP contribution in [0.15, 0.2) is 127 Å². The number of halogens is 2. The van der Waals surface area contributed by atoms with E-state index >= 15 is 0 Å². The summed E-state index contributed by atoms with van der Waals surface area (Å²) in [5, 5.41) is 23.7. The van der Waals surface area contributed by atoms with Gasteiger partial charge < -0.3 is 33.6 Å². The first-order valence-electron chi connectivity index (χ1n) is 18.4. The Labute approximate surface area is 344 Å². The maximum Gasteiger partial charge on any atom is 0.251 e. The van der Waals surface area contributed by atoms with E-state index in [1.165, 1.54) is 68.0 Å². The van der Waals surface area contributed by atoms with Gasteiger partial charge >= 0.3 is 0 Å². The van der Waals surface area contributed by atoms with Crippen molar-refractivity contribution in [1.29, 1.82) is 0 Å². The molecule has 16 nitrogen and oxygen atoms in total. The second-order valence-corrected chi connectivity index (χ2v) is 13.6. The lowest BCUT2D eigenvalue weighted by Crippen LogP contribution is -2.38. The number of hydrogen-bond donors (Lipinski definition) is 3. The quantitative estimate of drug-likeness (QED) is 0.106. The minimum Gasteiger partial charge on any atom is -0.444 e. The lowest BCUT2D eigenvalue weighted by molar-refractivity contribution is 0.0489. The van der Waals surface area contributed by atoms with Crippen molar-refractivity contribution in [3.05, 3.63) is 156 Å². The van der Waals surface area contributed by atoms with Gasteiger partial charge in [-0.2, -0.15) is 9.97 Å². The molecule has 4 aromatic heterocycles. The van der Waals surface area contributed by atoms with E-state index in [-0.39, 0.29) is 53.8 Å². The van der Waals surface area contributed by atoms with Gasteiger partial charge in [-0.05, 0) is 79.7 Å². The lowest BCUT2D eigenvalue weighted by atomic mass is 10.0. The van der Waals surface area contributed by atoms with Crippen LogP contribution in [0.2, 0.25) is 0 Å². The molecular weight excluding hydrogens is 795 g/mol. The molecule has 3 N–H and O–H groups in total. The predicted molar refractivity (Wildman–Crippen MR) is 211 cm³/mol. The molecule has 1 atom stereocenters. The number of rotatable bonds is 12. The number of aromatic nitrogens is 6. The largest absolute Gasteiger partial charge is 0.444 e. The number of oxazole rings is 2. The van der Waals surface area contributed by atoms with Gasteiger partial charge in [0.1, 0.15) is 41.1 Å². The molecule has 4 heterocycles. The standard InChI is InChI=1S/C22H19FN4O4.C21H15FN4O4/c1-13-25-19(27-31-13)15-4-3-5-16(10-15)20(28)24-12-22(2,29)18-11-30-21(26-18)14-6-8-17(23)9-7-14;1-12-24-19(26-30-12)14-3-2-4-15(9-14)20(28)23-10-18(27)17-11-29-21(25-17)13-5-7-16(22)8-6-13/h3-11,29H,12H2,1-2H3,(H,24,28);2-9,11H,10H2,1H3,(H,23,28). The molecule has 0 saturated heterocycles. The fourth-order valence-electron chi connectivity index (χ4n) is 5.60. The molecule has 18 heteroatoms. The van der Waals surface area contributed by atoms with Crippen molar-refractivity contribution in [2.24, 2.45) is 0 Å². The van der Waals surface area contributed by atoms with Crippen LogP contribution in [0.4, 0.5) is 8.78 Å². The van der Waals surface area contributed by atoms with E-state index in [9.17, 15) is 28.3 Å². The number of Topliss-reactive ketones (excluding diaryl/α,β-unsaturated/α-hetero) is 1. The second kappa shape index (κ2) is 17.9. The molecule has 8 rings (SSSR count). The molecule has 0 aliphatic heterocycles. The highest BCUT2D eigenvalue weighted by Crippen LogP contribution is 2.26. The van der Waals surface area contributed by atoms with E-state index in [0.717, 1.165) is 0 Å². The number of benzene rings is 4. The number of carbonyl (C=O) groups excluding carboxylic acids is 3. The number of carbonyl (C=O) groups is 3. The number of ketones is 1. The van der Waals surface area contributed by atoms with Crippen LogP contribution in [0.1, 0.15) is 55.6 Å². The van der Waals surface area contributed by atoms with Crippen LogP contribution < -0.4 is 10.6 Å². The van der Waals surface area contributed by atoms with Gasteiger partial charge in [0.15, 0.2) is 0 Å². The third kappa shape index (κ3) is 10.2. The molecule has 0 fully saturated rings. The van der Waals surface area contributed by atoms with Gasteiger partial charge in [0.25, 0.3) is 11.8 Å². The van der Waals surface area contributed by atoms with E-state index < -0.39 is 17.3 Å². The van der Waals surface area contributed by atoms with Gasteiger partial charge in [0, 0.05) is 47.2 Å². The van der Waals surface area contributed by atoms with Crippen LogP contribution in [-0.4, -0.2) is 66.0 Å². The smallest absolute Gasteiger partial charge is 0.251 e. The van der Waals surface area contributed by atoms with E-state index in [0.29, 0.717) is 56.8 Å². The van der Waals surface area contributed by atoms with Crippen LogP contribution in [0.5, 0.6) is 0 Å². The molecule has 4 aromatic carbocycles. The van der Waals surface area contributed by atoms with Crippen molar-refractivity contribution in [3.8, 4) is 45.7 Å². The number of nitrogens with one attached hydrogen (secondary N) is 2. The molecular formula is C43H34F2N8O8. The number of hydrogen-bond acceptors (Lipinski definition) is 14. The molecule has 0 bridgehead atoms. The average Bonchev–Trinajstić information content (AvgIpc) is 4.12. The first-order valence-corrected chi connectivity index (χ1v) is 18.4. The van der Waals surface area contributed by atoms with Crippen molar-refractivity contribution in [1.82, 2.24) is 40.9 Å². The third-order valence-electron chi connectivity index (χ3n) is 8.85. The molecule has 308 valence electrons. The summed E-state index contributed by atoms with van der Waals surface area (Å²) in [7, 11) is 0. The van der Waals surface area contributed by atoms with Crippen LogP contribution in [0.3, 0.4) is 0 Å². The average molecular weight is 829 g/mol. The van der Waals surface area contributed by atoms with Gasteiger partial charge in [-0.15, -0.1) is 0 Å². The van der Waals surface area contributed by atoms with Gasteiger partial charge in [-0.25, -0.2) is 18.7 Å². The van der Waals surface area contributed by atoms with E-state index in [2.05, 4.69) is 40.9 Å². The Hall–Kier alpha value is -7.99. The molecule has 0 aliphatic carbocycles. The summed E-state index contributed by atoms with van der Waals surface area (Å²) >= 11 is 0. The molecule has 0 spiro atoms. The number of aryl methyl sites for hydroxylation is 2. The summed E-state index contributed by atoms with van der Waals surface area (Å²) in [5.74, 6) is 0.0163. The van der Waals surface area contributed by atoms with Gasteiger partial charge in [0.2, 0.25) is 41.0 Å². The molecule has 0 saturated carbocycles. The van der Waals surface area contributed by atoms with Crippen molar-refractivity contribution in [3.63, 3.8) is 0 Å². The SMILES string of the molecule is Cc1nc(-c2cccc(C(=O)NCC(=O)c3coc(-c4ccc(F)cc4)n3)c2)no1.Cc1nc(-c2cccc(C(=O)NCC(C)(O)c3coc(-c4ccc(F)cc4)n3)c2)no1. The summed E-state index contributed by atoms with van der Waals surface area (Å²) < 4.78 is 46.7. The van der Waals surface area contributed by atoms with Crippen molar-refractivity contribution < 1.29 is 46.2 Å². The van der Waals surface area contributed by atoms with Crippen LogP contribution in [0.25, 0.3) is 45.7 Å². The highest BCUT2D eigenvalue weighted by atomic mass is 19.1. The monoisotopic (exact) mass is 828 g/mol. The fraction of sp³-hybridized carbons (Fsp3) is 0.140. The molecule has 0 aliphatic rings. The fourth-order valence-corrected chi connectivity index (χ4v) is 5.60. The van der Waals surface area contributed by atoms with Crippen LogP contribution >= 0.6 is 0 Å². The summed E-state index contributed by atoms with van der Waals surface area (Å²) in [6.07, 6.45) is 2.51. The van der Waals surface area contributed by atoms with Gasteiger partial charge in [-0.1, -0.05) is 34.6 Å². The maximum atomic E-state index is 13.1. The Bertz CT molecular complexity index is 2810. The summed E-state index contributed by atoms with van der Waals surface area (Å²) in [6, 6.07) is 24.6. The number of amides is 2. The minimum absolute atomic E-state index is 0.0608. The molecule has 2 amide bonds. The van der Waals surface area contributed by atoms with Crippen LogP contribution in [-0.2, 0) is 5.60 Å². The summed E-state index contributed by atoms with van der Waals surface area (Å²) in [4.78, 5) is 54.0. The van der Waals surface area contributed by atoms with E-state index in [1.807, 2.05) is 0 Å². The number of nitrogens with zero attached hydrogens (tertiary/aromatic N) is 6. The lowest BCUT2D eigenvalue weighted by Gasteiger charge is -2.21. The predicted octanol–water partition coefficient (Wildman–Crippen LogP) is 6.93. The van der Waals surface area contributed by atoms with E-state index in [4.69, 9.17) is 17.9 Å². The van der Waals surface area contributed by atoms with Crippen LogP contribution in [0, 0.1) is 25.5 Å². The molecule has 0 radical (unpaired) electrons. The van der Waals surface area contributed by atoms with Crippen molar-refractivity contribution in [2.75, 3.05) is 13.1 Å². The highest BCUT2D eigenvalue weighted by molar-refractivity contribution is 6.01. The van der Waals surface area contributed by atoms with Gasteiger partial charge in [0.05, 0.1) is 13.1 Å². The van der Waals surface area contributed by atoms with Gasteiger partial charge in [-0.3, -0.25) is 14.4 Å². The Kier molecular flexibility index (Phi) is 12.1. The topological polar surface area (TPSA) is 225 Å². The highest BCUT2D eigenvalue weighted by Gasteiger charge is 2.28. The molecule has 61 heavy (non-hydrogen) atoms. The van der Waals surface area contributed by atoms with Crippen molar-refractivity contribution >= 4 is 17.6 Å². The van der Waals surface area contributed by atoms with E-state index in [1.54, 1.807) is 62.4 Å². The molecule has 1 unspecified atom stereocenters. The Morgan fingerprint density at radius 1 is 0.639 bits per heavy atom. The zero-order valence-electron chi connectivity index (χ0n) is 32.6. The second-order valence-electron chi connectivity index (χ2n) is 13.6. The molecule has 8 aromatic rings. The Morgan fingerprint density at radius 2 is 1.13 bits per heavy atom. The first kappa shape index (κ1) is 41.2. The maximum absolute atomic E-state index is 13.1. The Morgan fingerprint density at radius 3 is 1.64 bits per heavy atom. The summed E-state index contributed by atoms with van der Waals surface area (Å²) in [5.41, 5.74) is 1.89. The Balaban J connectivity index is 0.000000184. The first-order chi connectivity index (χ1) is 29.3. The zero-order chi connectivity index (χ0) is 43.1. The minimum atomic E-state index is -1.49.